The first-order valence-electron chi connectivity index (χ1n) is 10.2. The van der Waals surface area contributed by atoms with Gasteiger partial charge < -0.3 is 20.3 Å². The Morgan fingerprint density at radius 1 is 0.903 bits per heavy atom. The molecule has 2 N–H and O–H groups in total. The molecule has 0 heterocycles. The molecule has 6 nitrogen and oxygen atoms in total. The lowest BCUT2D eigenvalue weighted by Crippen LogP contribution is -2.35. The van der Waals surface area contributed by atoms with Crippen molar-refractivity contribution in [2.24, 2.45) is 0 Å². The number of amides is 3. The molecule has 0 radical (unpaired) electrons. The van der Waals surface area contributed by atoms with Crippen LogP contribution in [0.3, 0.4) is 0 Å². The molecular weight excluding hydrogens is 390 g/mol. The molecule has 0 atom stereocenters. The van der Waals surface area contributed by atoms with Crippen LogP contribution >= 0.6 is 0 Å². The molecule has 0 spiro atoms. The summed E-state index contributed by atoms with van der Waals surface area (Å²) < 4.78 is 5.24. The number of carbonyl (C=O) groups is 2. The molecule has 0 unspecified atom stereocenters. The lowest BCUT2D eigenvalue weighted by molar-refractivity contribution is 0.0986. The van der Waals surface area contributed by atoms with Gasteiger partial charge in [0.1, 0.15) is 5.75 Å². The van der Waals surface area contributed by atoms with E-state index < -0.39 is 0 Å². The van der Waals surface area contributed by atoms with E-state index in [2.05, 4.69) is 10.6 Å². The normalized spacial score (nSPS) is 10.3. The number of benzene rings is 3. The lowest BCUT2D eigenvalue weighted by atomic mass is 10.1. The molecule has 0 aromatic heterocycles. The second-order valence-corrected chi connectivity index (χ2v) is 7.04. The fraction of sp³-hybridized carbons (Fsp3) is 0.200. The van der Waals surface area contributed by atoms with E-state index in [1.165, 1.54) is 0 Å². The fourth-order valence-electron chi connectivity index (χ4n) is 3.27. The van der Waals surface area contributed by atoms with Crippen LogP contribution < -0.4 is 20.3 Å². The highest BCUT2D eigenvalue weighted by Crippen LogP contribution is 2.23. The van der Waals surface area contributed by atoms with Crippen molar-refractivity contribution in [1.29, 1.82) is 0 Å². The number of carbonyl (C=O) groups excluding carboxylic acids is 2. The van der Waals surface area contributed by atoms with Crippen LogP contribution in [0, 0.1) is 6.92 Å². The molecule has 0 aliphatic rings. The lowest BCUT2D eigenvalue weighted by Gasteiger charge is -2.24. The Bertz CT molecular complexity index is 1020. The molecule has 0 bridgehead atoms. The van der Waals surface area contributed by atoms with E-state index in [4.69, 9.17) is 4.74 Å². The van der Waals surface area contributed by atoms with E-state index in [0.717, 1.165) is 11.3 Å². The number of urea groups is 1. The monoisotopic (exact) mass is 417 g/mol. The van der Waals surface area contributed by atoms with Crippen molar-refractivity contribution in [2.45, 2.75) is 13.3 Å². The summed E-state index contributed by atoms with van der Waals surface area (Å²) >= 11 is 0. The van der Waals surface area contributed by atoms with Crippen LogP contribution in [0.1, 0.15) is 22.3 Å². The number of methoxy groups -OCH3 is 1. The first-order chi connectivity index (χ1) is 15.1. The maximum atomic E-state index is 13.2. The standard InChI is InChI=1S/C25H27N3O3/c1-19-11-6-7-14-21(19)24(29)28(20-12-4-3-5-13-20)18-10-17-26-25(30)27-22-15-8-9-16-23(22)31-2/h3-9,11-16H,10,17-18H2,1-2H3,(H2,26,27,30). The summed E-state index contributed by atoms with van der Waals surface area (Å²) in [5.74, 6) is 0.541. The summed E-state index contributed by atoms with van der Waals surface area (Å²) in [7, 11) is 1.56. The van der Waals surface area contributed by atoms with Crippen LogP contribution in [0.4, 0.5) is 16.2 Å². The molecule has 160 valence electrons. The molecule has 3 aromatic rings. The first kappa shape index (κ1) is 21.9. The molecule has 3 aromatic carbocycles. The molecule has 0 aliphatic heterocycles. The average Bonchev–Trinajstić information content (AvgIpc) is 2.80. The van der Waals surface area contributed by atoms with Gasteiger partial charge in [-0.15, -0.1) is 0 Å². The highest BCUT2D eigenvalue weighted by atomic mass is 16.5. The van der Waals surface area contributed by atoms with Gasteiger partial charge in [-0.25, -0.2) is 4.79 Å². The largest absolute Gasteiger partial charge is 0.495 e. The van der Waals surface area contributed by atoms with E-state index >= 15 is 0 Å². The maximum absolute atomic E-state index is 13.2. The first-order valence-corrected chi connectivity index (χ1v) is 10.2. The van der Waals surface area contributed by atoms with Crippen molar-refractivity contribution in [2.75, 3.05) is 30.4 Å². The van der Waals surface area contributed by atoms with Crippen molar-refractivity contribution in [1.82, 2.24) is 5.32 Å². The van der Waals surface area contributed by atoms with Crippen molar-refractivity contribution in [3.05, 3.63) is 90.0 Å². The number of rotatable bonds is 8. The minimum Gasteiger partial charge on any atom is -0.495 e. The third kappa shape index (κ3) is 5.85. The third-order valence-corrected chi connectivity index (χ3v) is 4.89. The van der Waals surface area contributed by atoms with Gasteiger partial charge in [0.05, 0.1) is 12.8 Å². The summed E-state index contributed by atoms with van der Waals surface area (Å²) in [6.45, 7) is 2.83. The summed E-state index contributed by atoms with van der Waals surface area (Å²) in [6.07, 6.45) is 0.603. The molecule has 6 heteroatoms. The van der Waals surface area contributed by atoms with Gasteiger partial charge in [-0.1, -0.05) is 48.5 Å². The Labute approximate surface area is 182 Å². The third-order valence-electron chi connectivity index (χ3n) is 4.89. The fourth-order valence-corrected chi connectivity index (χ4v) is 3.27. The van der Waals surface area contributed by atoms with Crippen LogP contribution in [-0.4, -0.2) is 32.1 Å². The van der Waals surface area contributed by atoms with Gasteiger partial charge in [-0.2, -0.15) is 0 Å². The predicted molar refractivity (Wildman–Crippen MR) is 124 cm³/mol. The van der Waals surface area contributed by atoms with Crippen LogP contribution in [0.25, 0.3) is 0 Å². The summed E-state index contributed by atoms with van der Waals surface area (Å²) in [5.41, 5.74) is 3.04. The van der Waals surface area contributed by atoms with Crippen molar-refractivity contribution >= 4 is 23.3 Å². The smallest absolute Gasteiger partial charge is 0.319 e. The Kier molecular flexibility index (Phi) is 7.65. The zero-order valence-corrected chi connectivity index (χ0v) is 17.8. The van der Waals surface area contributed by atoms with Gasteiger partial charge in [0, 0.05) is 24.3 Å². The number of hydrogen-bond donors (Lipinski definition) is 2. The molecule has 0 saturated carbocycles. The average molecular weight is 418 g/mol. The van der Waals surface area contributed by atoms with Crippen molar-refractivity contribution < 1.29 is 14.3 Å². The second-order valence-electron chi connectivity index (χ2n) is 7.04. The minimum absolute atomic E-state index is 0.0530. The number of para-hydroxylation sites is 3. The van der Waals surface area contributed by atoms with Crippen LogP contribution in [0.2, 0.25) is 0 Å². The molecule has 0 fully saturated rings. The number of nitrogens with one attached hydrogen (secondary N) is 2. The molecule has 31 heavy (non-hydrogen) atoms. The molecule has 3 rings (SSSR count). The van der Waals surface area contributed by atoms with E-state index in [1.807, 2.05) is 73.7 Å². The summed E-state index contributed by atoms with van der Waals surface area (Å²) in [4.78, 5) is 27.2. The van der Waals surface area contributed by atoms with Crippen molar-refractivity contribution in [3.8, 4) is 5.75 Å². The van der Waals surface area contributed by atoms with Gasteiger partial charge in [-0.3, -0.25) is 4.79 Å². The Balaban J connectivity index is 1.60. The predicted octanol–water partition coefficient (Wildman–Crippen LogP) is 4.86. The zero-order chi connectivity index (χ0) is 22.1. The maximum Gasteiger partial charge on any atom is 0.319 e. The summed E-state index contributed by atoms with van der Waals surface area (Å²) in [5, 5.41) is 5.62. The van der Waals surface area contributed by atoms with Crippen LogP contribution in [-0.2, 0) is 0 Å². The topological polar surface area (TPSA) is 70.7 Å². The number of ether oxygens (including phenoxy) is 1. The second kappa shape index (κ2) is 10.8. The van der Waals surface area contributed by atoms with Gasteiger partial charge in [0.15, 0.2) is 0 Å². The molecule has 3 amide bonds. The van der Waals surface area contributed by atoms with Gasteiger partial charge in [0.25, 0.3) is 5.91 Å². The van der Waals surface area contributed by atoms with E-state index in [1.54, 1.807) is 24.1 Å². The Morgan fingerprint density at radius 3 is 2.32 bits per heavy atom. The van der Waals surface area contributed by atoms with E-state index in [-0.39, 0.29) is 11.9 Å². The zero-order valence-electron chi connectivity index (χ0n) is 17.8. The van der Waals surface area contributed by atoms with E-state index in [9.17, 15) is 9.59 Å². The highest BCUT2D eigenvalue weighted by Gasteiger charge is 2.19. The number of aryl methyl sites for hydroxylation is 1. The number of hydrogen-bond acceptors (Lipinski definition) is 3. The Hall–Kier alpha value is -3.80. The number of nitrogens with zero attached hydrogens (tertiary/aromatic N) is 1. The SMILES string of the molecule is COc1ccccc1NC(=O)NCCCN(C(=O)c1ccccc1C)c1ccccc1. The molecular formula is C25H27N3O3. The van der Waals surface area contributed by atoms with E-state index in [0.29, 0.717) is 36.5 Å². The van der Waals surface area contributed by atoms with Gasteiger partial charge in [0.2, 0.25) is 0 Å². The highest BCUT2D eigenvalue weighted by molar-refractivity contribution is 6.07. The van der Waals surface area contributed by atoms with Gasteiger partial charge >= 0.3 is 6.03 Å². The summed E-state index contributed by atoms with van der Waals surface area (Å²) in [6, 6.07) is 24.0. The van der Waals surface area contributed by atoms with Gasteiger partial charge in [-0.05, 0) is 49.2 Å². The van der Waals surface area contributed by atoms with Crippen LogP contribution in [0.15, 0.2) is 78.9 Å². The molecule has 0 saturated heterocycles. The van der Waals surface area contributed by atoms with Crippen molar-refractivity contribution in [3.63, 3.8) is 0 Å². The molecule has 0 aliphatic carbocycles. The minimum atomic E-state index is -0.319. The number of anilines is 2. The Morgan fingerprint density at radius 2 is 1.58 bits per heavy atom. The quantitative estimate of drug-likeness (QED) is 0.514. The van der Waals surface area contributed by atoms with Crippen LogP contribution in [0.5, 0.6) is 5.75 Å².